The van der Waals surface area contributed by atoms with Crippen LogP contribution in [-0.4, -0.2) is 49.6 Å². The van der Waals surface area contributed by atoms with E-state index in [1.807, 2.05) is 4.90 Å². The molecule has 0 spiro atoms. The van der Waals surface area contributed by atoms with Crippen molar-refractivity contribution < 1.29 is 18.1 Å². The molecule has 1 aromatic heterocycles. The van der Waals surface area contributed by atoms with Crippen LogP contribution in [-0.2, 0) is 10.0 Å². The van der Waals surface area contributed by atoms with Crippen molar-refractivity contribution in [2.75, 3.05) is 35.1 Å². The van der Waals surface area contributed by atoms with E-state index in [9.17, 15) is 18.5 Å². The predicted octanol–water partition coefficient (Wildman–Crippen LogP) is 3.28. The highest BCUT2D eigenvalue weighted by atomic mass is 32.2. The number of para-hydroxylation sites is 2. The molecule has 0 aliphatic carbocycles. The predicted molar refractivity (Wildman–Crippen MR) is 128 cm³/mol. The first-order valence-corrected chi connectivity index (χ1v) is 12.1. The van der Waals surface area contributed by atoms with Crippen molar-refractivity contribution in [3.8, 4) is 5.75 Å². The van der Waals surface area contributed by atoms with E-state index in [2.05, 4.69) is 20.0 Å². The molecule has 1 aliphatic heterocycles. The van der Waals surface area contributed by atoms with Crippen molar-refractivity contribution in [1.82, 2.24) is 9.97 Å². The first-order chi connectivity index (χ1) is 16.4. The van der Waals surface area contributed by atoms with Crippen molar-refractivity contribution in [2.24, 2.45) is 0 Å². The van der Waals surface area contributed by atoms with Crippen LogP contribution in [0.3, 0.4) is 0 Å². The van der Waals surface area contributed by atoms with Gasteiger partial charge in [0.2, 0.25) is 5.95 Å². The van der Waals surface area contributed by atoms with Crippen LogP contribution < -0.4 is 19.7 Å². The monoisotopic (exact) mass is 484 g/mol. The number of sulfonamides is 1. The molecule has 0 bridgehead atoms. The third-order valence-corrected chi connectivity index (χ3v) is 6.84. The van der Waals surface area contributed by atoms with Gasteiger partial charge in [-0.3, -0.25) is 14.8 Å². The second kappa shape index (κ2) is 9.91. The molecule has 2 heterocycles. The Morgan fingerprint density at radius 1 is 1.12 bits per heavy atom. The Kier molecular flexibility index (Phi) is 6.77. The summed E-state index contributed by atoms with van der Waals surface area (Å²) in [6.07, 6.45) is 4.98. The number of hydrogen-bond donors (Lipinski definition) is 2. The number of nitro groups is 1. The number of hydrogen-bond acceptors (Lipinski definition) is 9. The molecule has 1 atom stereocenters. The molecule has 1 fully saturated rings. The Morgan fingerprint density at radius 3 is 2.62 bits per heavy atom. The summed E-state index contributed by atoms with van der Waals surface area (Å²) in [7, 11) is -2.75. The zero-order valence-electron chi connectivity index (χ0n) is 18.4. The minimum absolute atomic E-state index is 0.112. The lowest BCUT2D eigenvalue weighted by Gasteiger charge is -2.34. The molecule has 4 rings (SSSR count). The molecule has 0 radical (unpaired) electrons. The highest BCUT2D eigenvalue weighted by Gasteiger charge is 2.27. The highest BCUT2D eigenvalue weighted by molar-refractivity contribution is 7.93. The van der Waals surface area contributed by atoms with Crippen LogP contribution >= 0.6 is 0 Å². The molecule has 0 saturated carbocycles. The average Bonchev–Trinajstić information content (AvgIpc) is 2.85. The number of nitro benzene ring substituents is 1. The van der Waals surface area contributed by atoms with E-state index in [-0.39, 0.29) is 28.0 Å². The van der Waals surface area contributed by atoms with Gasteiger partial charge in [-0.05, 0) is 37.1 Å². The summed E-state index contributed by atoms with van der Waals surface area (Å²) >= 11 is 0. The topological polar surface area (TPSA) is 140 Å². The van der Waals surface area contributed by atoms with Crippen molar-refractivity contribution >= 4 is 33.0 Å². The maximum absolute atomic E-state index is 13.3. The number of non-ortho nitro benzene ring substituents is 1. The lowest BCUT2D eigenvalue weighted by atomic mass is 10.1. The number of rotatable bonds is 8. The molecule has 12 heteroatoms. The van der Waals surface area contributed by atoms with Gasteiger partial charge in [-0.25, -0.2) is 18.4 Å². The lowest BCUT2D eigenvalue weighted by Crippen LogP contribution is -2.43. The van der Waals surface area contributed by atoms with Gasteiger partial charge in [-0.1, -0.05) is 12.1 Å². The van der Waals surface area contributed by atoms with Crippen molar-refractivity contribution in [2.45, 2.75) is 23.8 Å². The fourth-order valence-corrected chi connectivity index (χ4v) is 5.11. The Bertz CT molecular complexity index is 1270. The summed E-state index contributed by atoms with van der Waals surface area (Å²) in [5, 5.41) is 14.6. The molecule has 11 nitrogen and oxygen atoms in total. The smallest absolute Gasteiger partial charge is 0.270 e. The normalized spacial score (nSPS) is 16.0. The third-order valence-electron chi connectivity index (χ3n) is 5.43. The third kappa shape index (κ3) is 5.17. The van der Waals surface area contributed by atoms with Crippen LogP contribution in [0.15, 0.2) is 65.8 Å². The summed E-state index contributed by atoms with van der Waals surface area (Å²) in [4.78, 5) is 21.1. The van der Waals surface area contributed by atoms with E-state index >= 15 is 0 Å². The minimum Gasteiger partial charge on any atom is -0.495 e. The van der Waals surface area contributed by atoms with Gasteiger partial charge in [0.05, 0.1) is 23.4 Å². The zero-order chi connectivity index (χ0) is 24.1. The summed E-state index contributed by atoms with van der Waals surface area (Å²) in [5.41, 5.74) is 0.176. The Balaban J connectivity index is 1.63. The van der Waals surface area contributed by atoms with Gasteiger partial charge >= 0.3 is 0 Å². The Morgan fingerprint density at radius 2 is 1.88 bits per heavy atom. The Hall–Kier alpha value is -3.93. The second-order valence-corrected chi connectivity index (χ2v) is 9.37. The van der Waals surface area contributed by atoms with Crippen LogP contribution in [0.25, 0.3) is 0 Å². The number of nitrogens with one attached hydrogen (secondary N) is 2. The number of benzene rings is 2. The summed E-state index contributed by atoms with van der Waals surface area (Å²) in [5.74, 6) is 0.931. The number of methoxy groups -OCH3 is 1. The van der Waals surface area contributed by atoms with Gasteiger partial charge in [0.25, 0.3) is 15.7 Å². The second-order valence-electron chi connectivity index (χ2n) is 7.72. The van der Waals surface area contributed by atoms with Crippen LogP contribution in [0.2, 0.25) is 0 Å². The number of nitrogens with zero attached hydrogens (tertiary/aromatic N) is 4. The van der Waals surface area contributed by atoms with Gasteiger partial charge in [-0.2, -0.15) is 0 Å². The van der Waals surface area contributed by atoms with Crippen LogP contribution in [0.1, 0.15) is 12.8 Å². The van der Waals surface area contributed by atoms with Crippen molar-refractivity contribution in [1.29, 1.82) is 0 Å². The number of ether oxygens (including phenoxy) is 1. The maximum Gasteiger partial charge on any atom is 0.270 e. The molecule has 1 unspecified atom stereocenters. The van der Waals surface area contributed by atoms with Gasteiger partial charge in [0.1, 0.15) is 10.6 Å². The van der Waals surface area contributed by atoms with Gasteiger partial charge in [0.15, 0.2) is 0 Å². The number of aromatic nitrogens is 2. The molecular weight excluding hydrogens is 460 g/mol. The molecule has 178 valence electrons. The fourth-order valence-electron chi connectivity index (χ4n) is 3.85. The summed E-state index contributed by atoms with van der Waals surface area (Å²) in [6, 6.07) is 11.9. The molecule has 1 saturated heterocycles. The SMILES string of the molecule is COc1ccccc1NS(=O)(=O)c1cc([N+](=O)[O-])ccc1NC1CCCN(c2ncccn2)C1. The zero-order valence-corrected chi connectivity index (χ0v) is 19.2. The molecule has 2 aromatic carbocycles. The summed E-state index contributed by atoms with van der Waals surface area (Å²) in [6.45, 7) is 1.34. The van der Waals surface area contributed by atoms with E-state index in [0.717, 1.165) is 25.5 Å². The van der Waals surface area contributed by atoms with Gasteiger partial charge in [-0.15, -0.1) is 0 Å². The molecule has 2 N–H and O–H groups in total. The lowest BCUT2D eigenvalue weighted by molar-refractivity contribution is -0.385. The van der Waals surface area contributed by atoms with Crippen molar-refractivity contribution in [3.05, 3.63) is 71.0 Å². The Labute approximate surface area is 197 Å². The first-order valence-electron chi connectivity index (χ1n) is 10.6. The van der Waals surface area contributed by atoms with E-state index in [0.29, 0.717) is 18.2 Å². The maximum atomic E-state index is 13.3. The first kappa shape index (κ1) is 23.2. The average molecular weight is 485 g/mol. The fraction of sp³-hybridized carbons (Fsp3) is 0.273. The van der Waals surface area contributed by atoms with Crippen LogP contribution in [0, 0.1) is 10.1 Å². The van der Waals surface area contributed by atoms with Crippen LogP contribution in [0.4, 0.5) is 23.0 Å². The molecule has 3 aromatic rings. The minimum atomic E-state index is -4.18. The number of anilines is 3. The van der Waals surface area contributed by atoms with Gasteiger partial charge < -0.3 is 15.0 Å². The van der Waals surface area contributed by atoms with E-state index in [1.54, 1.807) is 42.7 Å². The highest BCUT2D eigenvalue weighted by Crippen LogP contribution is 2.32. The van der Waals surface area contributed by atoms with E-state index < -0.39 is 14.9 Å². The van der Waals surface area contributed by atoms with E-state index in [1.165, 1.54) is 19.2 Å². The largest absolute Gasteiger partial charge is 0.495 e. The van der Waals surface area contributed by atoms with E-state index in [4.69, 9.17) is 4.74 Å². The molecule has 1 aliphatic rings. The number of piperidine rings is 1. The van der Waals surface area contributed by atoms with Crippen LogP contribution in [0.5, 0.6) is 5.75 Å². The molecular formula is C22H24N6O5S. The van der Waals surface area contributed by atoms with Crippen molar-refractivity contribution in [3.63, 3.8) is 0 Å². The summed E-state index contributed by atoms with van der Waals surface area (Å²) < 4.78 is 34.4. The quantitative estimate of drug-likeness (QED) is 0.364. The van der Waals surface area contributed by atoms with Gasteiger partial charge in [0, 0.05) is 43.7 Å². The standard InChI is InChI=1S/C22H24N6O5S/c1-33-20-8-3-2-7-18(20)26-34(31,32)21-14-17(28(29)30)9-10-19(21)25-16-6-4-13-27(15-16)22-23-11-5-12-24-22/h2-3,5,7-12,14,16,25-26H,4,6,13,15H2,1H3. The molecule has 34 heavy (non-hydrogen) atoms. The molecule has 0 amide bonds.